The van der Waals surface area contributed by atoms with E-state index < -0.39 is 6.36 Å². The first-order valence-corrected chi connectivity index (χ1v) is 12.4. The van der Waals surface area contributed by atoms with Gasteiger partial charge >= 0.3 is 6.36 Å². The second-order valence-corrected chi connectivity index (χ2v) is 9.53. The van der Waals surface area contributed by atoms with E-state index in [4.69, 9.17) is 9.47 Å². The average molecular weight is 525 g/mol. The summed E-state index contributed by atoms with van der Waals surface area (Å²) in [6, 6.07) is 15.8. The molecule has 0 atom stereocenters. The van der Waals surface area contributed by atoms with Crippen molar-refractivity contribution in [1.82, 2.24) is 9.55 Å². The fourth-order valence-corrected chi connectivity index (χ4v) is 4.29. The van der Waals surface area contributed by atoms with Crippen LogP contribution in [-0.4, -0.2) is 23.0 Å². The van der Waals surface area contributed by atoms with Gasteiger partial charge in [-0.1, -0.05) is 26.0 Å². The summed E-state index contributed by atoms with van der Waals surface area (Å²) in [6.45, 7) is 8.37. The molecule has 0 fully saturated rings. The van der Waals surface area contributed by atoms with Crippen LogP contribution in [0.5, 0.6) is 23.0 Å². The van der Waals surface area contributed by atoms with E-state index in [1.54, 1.807) is 30.1 Å². The van der Waals surface area contributed by atoms with Crippen molar-refractivity contribution >= 4 is 0 Å². The minimum Gasteiger partial charge on any atom is -0.496 e. The Morgan fingerprint density at radius 2 is 1.61 bits per heavy atom. The fourth-order valence-electron chi connectivity index (χ4n) is 4.29. The van der Waals surface area contributed by atoms with E-state index in [0.29, 0.717) is 24.4 Å². The van der Waals surface area contributed by atoms with Crippen LogP contribution < -0.4 is 14.2 Å². The SMILES string of the molecule is COc1ccc(Oc2c(C)cc(C(C)C)cc2CCc2cn(-c3ccc(OC(F)(F)F)cc3)cn2)cc1C. The van der Waals surface area contributed by atoms with Gasteiger partial charge in [0.05, 0.1) is 19.1 Å². The van der Waals surface area contributed by atoms with Gasteiger partial charge in [-0.3, -0.25) is 0 Å². The Kier molecular flexibility index (Phi) is 7.99. The fraction of sp³-hybridized carbons (Fsp3) is 0.300. The molecule has 1 aromatic heterocycles. The number of methoxy groups -OCH3 is 1. The second-order valence-electron chi connectivity index (χ2n) is 9.53. The van der Waals surface area contributed by atoms with Crippen molar-refractivity contribution in [3.63, 3.8) is 0 Å². The van der Waals surface area contributed by atoms with E-state index in [9.17, 15) is 13.2 Å². The molecule has 3 aromatic carbocycles. The third kappa shape index (κ3) is 6.68. The maximum atomic E-state index is 12.4. The van der Waals surface area contributed by atoms with Crippen molar-refractivity contribution in [2.75, 3.05) is 7.11 Å². The molecule has 4 rings (SSSR count). The van der Waals surface area contributed by atoms with Crippen LogP contribution >= 0.6 is 0 Å². The van der Waals surface area contributed by atoms with Gasteiger partial charge in [0.2, 0.25) is 0 Å². The van der Waals surface area contributed by atoms with Gasteiger partial charge in [-0.25, -0.2) is 4.98 Å². The Labute approximate surface area is 220 Å². The third-order valence-electron chi connectivity index (χ3n) is 6.28. The first kappa shape index (κ1) is 27.1. The molecule has 5 nitrogen and oxygen atoms in total. The topological polar surface area (TPSA) is 45.5 Å². The molecule has 0 radical (unpaired) electrons. The quantitative estimate of drug-likeness (QED) is 0.222. The lowest BCUT2D eigenvalue weighted by Gasteiger charge is -2.18. The van der Waals surface area contributed by atoms with Crippen LogP contribution in [0.25, 0.3) is 5.69 Å². The molecule has 0 saturated heterocycles. The number of nitrogens with zero attached hydrogens (tertiary/aromatic N) is 2. The van der Waals surface area contributed by atoms with Gasteiger partial charge < -0.3 is 18.8 Å². The van der Waals surface area contributed by atoms with E-state index in [1.165, 1.54) is 17.7 Å². The number of ether oxygens (including phenoxy) is 3. The highest BCUT2D eigenvalue weighted by atomic mass is 19.4. The molecule has 38 heavy (non-hydrogen) atoms. The lowest BCUT2D eigenvalue weighted by atomic mass is 9.95. The van der Waals surface area contributed by atoms with E-state index in [-0.39, 0.29) is 5.75 Å². The largest absolute Gasteiger partial charge is 0.573 e. The van der Waals surface area contributed by atoms with Crippen molar-refractivity contribution in [2.24, 2.45) is 0 Å². The maximum Gasteiger partial charge on any atom is 0.573 e. The average Bonchev–Trinajstić information content (AvgIpc) is 3.33. The summed E-state index contributed by atoms with van der Waals surface area (Å²) in [5.41, 5.74) is 5.93. The summed E-state index contributed by atoms with van der Waals surface area (Å²) >= 11 is 0. The number of hydrogen-bond donors (Lipinski definition) is 0. The summed E-state index contributed by atoms with van der Waals surface area (Å²) in [7, 11) is 1.65. The van der Waals surface area contributed by atoms with E-state index in [1.807, 2.05) is 31.3 Å². The van der Waals surface area contributed by atoms with E-state index >= 15 is 0 Å². The maximum absolute atomic E-state index is 12.4. The number of benzene rings is 3. The Bertz CT molecular complexity index is 1390. The van der Waals surface area contributed by atoms with Crippen molar-refractivity contribution in [1.29, 1.82) is 0 Å². The highest BCUT2D eigenvalue weighted by molar-refractivity contribution is 5.49. The monoisotopic (exact) mass is 524 g/mol. The van der Waals surface area contributed by atoms with Crippen LogP contribution in [-0.2, 0) is 12.8 Å². The number of rotatable bonds is 9. The first-order valence-electron chi connectivity index (χ1n) is 12.4. The molecule has 4 aromatic rings. The van der Waals surface area contributed by atoms with Crippen LogP contribution in [0.4, 0.5) is 13.2 Å². The number of alkyl halides is 3. The third-order valence-corrected chi connectivity index (χ3v) is 6.28. The predicted octanol–water partition coefficient (Wildman–Crippen LogP) is 8.10. The molecule has 0 amide bonds. The predicted molar refractivity (Wildman–Crippen MR) is 141 cm³/mol. The number of hydrogen-bond acceptors (Lipinski definition) is 4. The molecule has 0 spiro atoms. The minimum absolute atomic E-state index is 0.262. The second kappa shape index (κ2) is 11.2. The van der Waals surface area contributed by atoms with Gasteiger partial charge in [-0.2, -0.15) is 0 Å². The summed E-state index contributed by atoms with van der Waals surface area (Å²) in [6.07, 6.45) is 0.195. The Morgan fingerprint density at radius 1 is 0.895 bits per heavy atom. The molecule has 0 aliphatic heterocycles. The zero-order chi connectivity index (χ0) is 27.4. The van der Waals surface area contributed by atoms with Gasteiger partial charge in [0.1, 0.15) is 23.0 Å². The normalized spacial score (nSPS) is 11.6. The number of halogens is 3. The summed E-state index contributed by atoms with van der Waals surface area (Å²) < 4.78 is 54.8. The van der Waals surface area contributed by atoms with Crippen LogP contribution in [0, 0.1) is 13.8 Å². The van der Waals surface area contributed by atoms with Crippen LogP contribution in [0.3, 0.4) is 0 Å². The molecule has 0 N–H and O–H groups in total. The molecule has 1 heterocycles. The van der Waals surface area contributed by atoms with Crippen molar-refractivity contribution < 1.29 is 27.4 Å². The molecule has 0 saturated carbocycles. The van der Waals surface area contributed by atoms with Crippen LogP contribution in [0.1, 0.15) is 47.7 Å². The van der Waals surface area contributed by atoms with Gasteiger partial charge in [-0.05, 0) is 97.3 Å². The Hall–Kier alpha value is -3.94. The van der Waals surface area contributed by atoms with Gasteiger partial charge in [0.25, 0.3) is 0 Å². The Morgan fingerprint density at radius 3 is 2.24 bits per heavy atom. The van der Waals surface area contributed by atoms with Crippen LogP contribution in [0.15, 0.2) is 67.1 Å². The molecule has 0 aliphatic rings. The highest BCUT2D eigenvalue weighted by Gasteiger charge is 2.31. The molecule has 0 unspecified atom stereocenters. The standard InChI is InChI=1S/C30H31F3N2O3/c1-19(2)23-14-21(4)29(37-27-12-13-28(36-5)20(3)15-27)22(16-23)6-7-24-17-35(18-34-24)25-8-10-26(11-9-25)38-30(31,32)33/h8-19H,6-7H2,1-5H3. The number of imidazole rings is 1. The number of aryl methyl sites for hydroxylation is 4. The van der Waals surface area contributed by atoms with Crippen molar-refractivity contribution in [2.45, 2.75) is 52.8 Å². The van der Waals surface area contributed by atoms with Crippen LogP contribution in [0.2, 0.25) is 0 Å². The van der Waals surface area contributed by atoms with Gasteiger partial charge in [0, 0.05) is 11.9 Å². The molecule has 0 aliphatic carbocycles. The summed E-state index contributed by atoms with van der Waals surface area (Å²) in [5, 5.41) is 0. The molecular weight excluding hydrogens is 493 g/mol. The van der Waals surface area contributed by atoms with Gasteiger partial charge in [0.15, 0.2) is 0 Å². The first-order chi connectivity index (χ1) is 18.0. The lowest BCUT2D eigenvalue weighted by molar-refractivity contribution is -0.274. The smallest absolute Gasteiger partial charge is 0.496 e. The Balaban J connectivity index is 1.53. The highest BCUT2D eigenvalue weighted by Crippen LogP contribution is 2.35. The molecule has 8 heteroatoms. The van der Waals surface area contributed by atoms with E-state index in [2.05, 4.69) is 42.6 Å². The summed E-state index contributed by atoms with van der Waals surface area (Å²) in [5.74, 6) is 2.49. The zero-order valence-electron chi connectivity index (χ0n) is 22.1. The van der Waals surface area contributed by atoms with Crippen molar-refractivity contribution in [3.8, 4) is 28.7 Å². The molecule has 200 valence electrons. The molecule has 0 bridgehead atoms. The lowest BCUT2D eigenvalue weighted by Crippen LogP contribution is -2.17. The minimum atomic E-state index is -4.72. The molecular formula is C30H31F3N2O3. The zero-order valence-corrected chi connectivity index (χ0v) is 22.1. The van der Waals surface area contributed by atoms with Crippen molar-refractivity contribution in [3.05, 3.63) is 95.1 Å². The van der Waals surface area contributed by atoms with Gasteiger partial charge in [-0.15, -0.1) is 13.2 Å². The van der Waals surface area contributed by atoms with E-state index in [0.717, 1.165) is 39.6 Å². The number of aromatic nitrogens is 2. The summed E-state index contributed by atoms with van der Waals surface area (Å²) in [4.78, 5) is 4.51.